The van der Waals surface area contributed by atoms with E-state index < -0.39 is 23.9 Å². The molecule has 0 aromatic carbocycles. The lowest BCUT2D eigenvalue weighted by molar-refractivity contribution is -0.143. The van der Waals surface area contributed by atoms with Gasteiger partial charge in [0.1, 0.15) is 0 Å². The van der Waals surface area contributed by atoms with Gasteiger partial charge in [-0.1, -0.05) is 6.92 Å². The summed E-state index contributed by atoms with van der Waals surface area (Å²) < 4.78 is 0. The van der Waals surface area contributed by atoms with E-state index in [0.29, 0.717) is 0 Å². The van der Waals surface area contributed by atoms with E-state index >= 15 is 0 Å². The first-order chi connectivity index (χ1) is 8.67. The fourth-order valence-corrected chi connectivity index (χ4v) is 0.428. The zero-order valence-corrected chi connectivity index (χ0v) is 10.5. The average Bonchev–Trinajstić information content (AvgIpc) is 2.25. The van der Waals surface area contributed by atoms with Crippen molar-refractivity contribution in [3.8, 4) is 0 Å². The molecule has 0 aliphatic heterocycles. The van der Waals surface area contributed by atoms with E-state index in [4.69, 9.17) is 26.2 Å². The molecule has 0 amide bonds. The molecule has 0 saturated heterocycles. The first-order valence-corrected chi connectivity index (χ1v) is 5.24. The summed E-state index contributed by atoms with van der Waals surface area (Å²) in [7, 11) is 0. The van der Waals surface area contributed by atoms with Crippen LogP contribution in [0, 0.1) is 0 Å². The van der Waals surface area contributed by atoms with Crippen LogP contribution in [0.1, 0.15) is 32.6 Å². The van der Waals surface area contributed by atoms with Crippen molar-refractivity contribution in [1.82, 2.24) is 0 Å². The van der Waals surface area contributed by atoms with Crippen LogP contribution in [0.3, 0.4) is 0 Å². The summed E-state index contributed by atoms with van der Waals surface area (Å²) in [5.41, 5.74) is 4.85. The SMILES string of the molecule is CCN.O=C(O)CCC(=O)O.O=C(O)CCC(=O)O. The Morgan fingerprint density at radius 3 is 0.842 bits per heavy atom. The third kappa shape index (κ3) is 49.4. The topological polar surface area (TPSA) is 175 Å². The molecule has 0 radical (unpaired) electrons. The molecule has 9 nitrogen and oxygen atoms in total. The molecule has 0 spiro atoms. The second kappa shape index (κ2) is 15.8. The smallest absolute Gasteiger partial charge is 0.303 e. The molecule has 0 aliphatic rings. The van der Waals surface area contributed by atoms with Gasteiger partial charge in [0, 0.05) is 0 Å². The first-order valence-electron chi connectivity index (χ1n) is 5.24. The van der Waals surface area contributed by atoms with Crippen molar-refractivity contribution in [2.75, 3.05) is 6.54 Å². The molecule has 9 heteroatoms. The molecule has 0 fully saturated rings. The molecule has 0 rings (SSSR count). The average molecular weight is 281 g/mol. The Balaban J connectivity index is -0.000000224. The van der Waals surface area contributed by atoms with Gasteiger partial charge in [-0.2, -0.15) is 0 Å². The van der Waals surface area contributed by atoms with E-state index in [1.165, 1.54) is 0 Å². The number of carbonyl (C=O) groups is 4. The Morgan fingerprint density at radius 2 is 0.789 bits per heavy atom. The van der Waals surface area contributed by atoms with Gasteiger partial charge in [0.05, 0.1) is 25.7 Å². The Bertz CT molecular complexity index is 233. The van der Waals surface area contributed by atoms with Crippen molar-refractivity contribution in [2.24, 2.45) is 5.73 Å². The van der Waals surface area contributed by atoms with Crippen molar-refractivity contribution in [3.05, 3.63) is 0 Å². The minimum Gasteiger partial charge on any atom is -0.481 e. The Kier molecular flexibility index (Phi) is 18.4. The molecule has 0 aromatic heterocycles. The Labute approximate surface area is 109 Å². The normalized spacial score (nSPS) is 8.11. The van der Waals surface area contributed by atoms with Crippen molar-refractivity contribution in [3.63, 3.8) is 0 Å². The van der Waals surface area contributed by atoms with Gasteiger partial charge in [0.25, 0.3) is 0 Å². The maximum absolute atomic E-state index is 9.64. The number of hydrogen-bond acceptors (Lipinski definition) is 5. The lowest BCUT2D eigenvalue weighted by atomic mass is 10.3. The molecule has 0 heterocycles. The quantitative estimate of drug-likeness (QED) is 0.442. The van der Waals surface area contributed by atoms with Crippen LogP contribution in [-0.2, 0) is 19.2 Å². The maximum Gasteiger partial charge on any atom is 0.303 e. The van der Waals surface area contributed by atoms with Gasteiger partial charge in [-0.15, -0.1) is 0 Å². The highest BCUT2D eigenvalue weighted by Crippen LogP contribution is 1.86. The molecule has 0 saturated carbocycles. The lowest BCUT2D eigenvalue weighted by Gasteiger charge is -1.85. The molecule has 0 bridgehead atoms. The Morgan fingerprint density at radius 1 is 0.684 bits per heavy atom. The predicted molar refractivity (Wildman–Crippen MR) is 63.7 cm³/mol. The second-order valence-electron chi connectivity index (χ2n) is 2.98. The maximum atomic E-state index is 9.64. The molecular weight excluding hydrogens is 262 g/mol. The molecule has 0 unspecified atom stereocenters. The highest BCUT2D eigenvalue weighted by Gasteiger charge is 2.00. The highest BCUT2D eigenvalue weighted by molar-refractivity contribution is 5.75. The monoisotopic (exact) mass is 281 g/mol. The largest absolute Gasteiger partial charge is 0.481 e. The van der Waals surface area contributed by atoms with E-state index in [9.17, 15) is 19.2 Å². The number of hydrogen-bond donors (Lipinski definition) is 5. The summed E-state index contributed by atoms with van der Waals surface area (Å²) in [6, 6.07) is 0. The van der Waals surface area contributed by atoms with E-state index in [1.807, 2.05) is 6.92 Å². The van der Waals surface area contributed by atoms with Gasteiger partial charge in [0.15, 0.2) is 0 Å². The zero-order valence-electron chi connectivity index (χ0n) is 10.5. The van der Waals surface area contributed by atoms with Gasteiger partial charge < -0.3 is 26.2 Å². The van der Waals surface area contributed by atoms with Crippen molar-refractivity contribution >= 4 is 23.9 Å². The van der Waals surface area contributed by atoms with E-state index in [0.717, 1.165) is 6.54 Å². The third-order valence-electron chi connectivity index (χ3n) is 1.11. The van der Waals surface area contributed by atoms with Gasteiger partial charge in [0.2, 0.25) is 0 Å². The van der Waals surface area contributed by atoms with E-state index in [-0.39, 0.29) is 25.7 Å². The van der Waals surface area contributed by atoms with E-state index in [1.54, 1.807) is 0 Å². The molecule has 0 aliphatic carbocycles. The number of nitrogens with two attached hydrogens (primary N) is 1. The first kappa shape index (κ1) is 22.1. The van der Waals surface area contributed by atoms with Crippen molar-refractivity contribution < 1.29 is 39.6 Å². The van der Waals surface area contributed by atoms with Crippen LogP contribution in [0.25, 0.3) is 0 Å². The van der Waals surface area contributed by atoms with Crippen LogP contribution in [-0.4, -0.2) is 50.8 Å². The van der Waals surface area contributed by atoms with Crippen LogP contribution in [0.4, 0.5) is 0 Å². The molecule has 6 N–H and O–H groups in total. The fraction of sp³-hybridized carbons (Fsp3) is 0.600. The second-order valence-corrected chi connectivity index (χ2v) is 2.98. The summed E-state index contributed by atoms with van der Waals surface area (Å²) >= 11 is 0. The number of aliphatic carboxylic acids is 4. The van der Waals surface area contributed by atoms with Gasteiger partial charge >= 0.3 is 23.9 Å². The standard InChI is InChI=1S/2C4H6O4.C2H7N/c2*5-3(6)1-2-4(7)8;1-2-3/h2*1-2H2,(H,5,6)(H,7,8);2-3H2,1H3. The predicted octanol–water partition coefficient (Wildman–Crippen LogP) is -0.163. The molecule has 112 valence electrons. The number of carboxylic acid groups (broad SMARTS) is 4. The van der Waals surface area contributed by atoms with Crippen molar-refractivity contribution in [1.29, 1.82) is 0 Å². The molecule has 19 heavy (non-hydrogen) atoms. The Hall–Kier alpha value is -2.16. The lowest BCUT2D eigenvalue weighted by Crippen LogP contribution is -2.00. The minimum atomic E-state index is -1.08. The summed E-state index contributed by atoms with van der Waals surface area (Å²) in [6.45, 7) is 2.65. The fourth-order valence-electron chi connectivity index (χ4n) is 0.428. The van der Waals surface area contributed by atoms with Gasteiger partial charge in [-0.05, 0) is 6.54 Å². The van der Waals surface area contributed by atoms with Crippen LogP contribution in [0.5, 0.6) is 0 Å². The summed E-state index contributed by atoms with van der Waals surface area (Å²) in [4.78, 5) is 38.6. The zero-order chi connectivity index (χ0) is 15.8. The van der Waals surface area contributed by atoms with Crippen LogP contribution >= 0.6 is 0 Å². The van der Waals surface area contributed by atoms with Crippen molar-refractivity contribution in [2.45, 2.75) is 32.6 Å². The van der Waals surface area contributed by atoms with Gasteiger partial charge in [-0.25, -0.2) is 0 Å². The number of rotatable bonds is 6. The molecule has 0 atom stereocenters. The molecular formula is C10H19NO8. The minimum absolute atomic E-state index is 0.296. The summed E-state index contributed by atoms with van der Waals surface area (Å²) in [5.74, 6) is -4.31. The summed E-state index contributed by atoms with van der Waals surface area (Å²) in [6.07, 6.45) is -1.19. The van der Waals surface area contributed by atoms with Gasteiger partial charge in [-0.3, -0.25) is 19.2 Å². The van der Waals surface area contributed by atoms with Crippen LogP contribution in [0.15, 0.2) is 0 Å². The highest BCUT2D eigenvalue weighted by atomic mass is 16.4. The van der Waals surface area contributed by atoms with Crippen LogP contribution < -0.4 is 5.73 Å². The third-order valence-corrected chi connectivity index (χ3v) is 1.11. The number of carboxylic acids is 4. The van der Waals surface area contributed by atoms with E-state index in [2.05, 4.69) is 0 Å². The summed E-state index contributed by atoms with van der Waals surface area (Å²) in [5, 5.41) is 31.6. The molecule has 0 aromatic rings. The van der Waals surface area contributed by atoms with Crippen LogP contribution in [0.2, 0.25) is 0 Å².